The fourth-order valence-corrected chi connectivity index (χ4v) is 4.10. The van der Waals surface area contributed by atoms with Crippen LogP contribution in [0.5, 0.6) is 0 Å². The minimum atomic E-state index is -0.186. The van der Waals surface area contributed by atoms with E-state index >= 15 is 0 Å². The molecule has 0 radical (unpaired) electrons. The SMILES string of the molecule is Cc1cccc(-n2nnnc2SCC(=O)Nc2ccccc2N2CCCC2=O)c1C. The molecule has 0 aliphatic carbocycles. The van der Waals surface area contributed by atoms with Gasteiger partial charge in [0.1, 0.15) is 0 Å². The molecule has 1 aliphatic rings. The molecular formula is C21H22N6O2S. The molecule has 1 saturated heterocycles. The highest BCUT2D eigenvalue weighted by Gasteiger charge is 2.24. The lowest BCUT2D eigenvalue weighted by Crippen LogP contribution is -2.26. The molecule has 9 heteroatoms. The maximum atomic E-state index is 12.6. The number of nitrogens with zero attached hydrogens (tertiary/aromatic N) is 5. The van der Waals surface area contributed by atoms with Crippen molar-refractivity contribution in [1.29, 1.82) is 0 Å². The molecule has 4 rings (SSSR count). The lowest BCUT2D eigenvalue weighted by atomic mass is 10.1. The second-order valence-electron chi connectivity index (χ2n) is 7.10. The Bertz CT molecular complexity index is 1100. The number of amides is 2. The van der Waals surface area contributed by atoms with Crippen LogP contribution < -0.4 is 10.2 Å². The number of para-hydroxylation sites is 2. The fourth-order valence-electron chi connectivity index (χ4n) is 3.42. The smallest absolute Gasteiger partial charge is 0.234 e. The quantitative estimate of drug-likeness (QED) is 0.614. The van der Waals surface area contributed by atoms with E-state index in [1.165, 1.54) is 11.8 Å². The van der Waals surface area contributed by atoms with Gasteiger partial charge >= 0.3 is 0 Å². The van der Waals surface area contributed by atoms with Crippen LogP contribution in [0.2, 0.25) is 0 Å². The maximum Gasteiger partial charge on any atom is 0.234 e. The van der Waals surface area contributed by atoms with Gasteiger partial charge in [0.25, 0.3) is 0 Å². The summed E-state index contributed by atoms with van der Waals surface area (Å²) in [5.41, 5.74) is 4.48. The summed E-state index contributed by atoms with van der Waals surface area (Å²) < 4.78 is 1.65. The van der Waals surface area contributed by atoms with Gasteiger partial charge in [-0.2, -0.15) is 4.68 Å². The summed E-state index contributed by atoms with van der Waals surface area (Å²) in [4.78, 5) is 26.4. The first-order chi connectivity index (χ1) is 14.5. The lowest BCUT2D eigenvalue weighted by Gasteiger charge is -2.19. The van der Waals surface area contributed by atoms with Gasteiger partial charge in [-0.05, 0) is 60.0 Å². The van der Waals surface area contributed by atoms with Gasteiger partial charge in [0.2, 0.25) is 17.0 Å². The number of anilines is 2. The number of thioether (sulfide) groups is 1. The topological polar surface area (TPSA) is 93.0 Å². The summed E-state index contributed by atoms with van der Waals surface area (Å²) in [6.07, 6.45) is 1.37. The number of carbonyl (C=O) groups is 2. The highest BCUT2D eigenvalue weighted by molar-refractivity contribution is 7.99. The number of nitrogens with one attached hydrogen (secondary N) is 1. The molecule has 0 unspecified atom stereocenters. The summed E-state index contributed by atoms with van der Waals surface area (Å²) in [5.74, 6) is 0.0430. The van der Waals surface area contributed by atoms with Crippen LogP contribution in [0.25, 0.3) is 5.69 Å². The van der Waals surface area contributed by atoms with Gasteiger partial charge in [-0.3, -0.25) is 9.59 Å². The molecule has 0 saturated carbocycles. The number of benzene rings is 2. The van der Waals surface area contributed by atoms with Gasteiger partial charge in [0.15, 0.2) is 0 Å². The summed E-state index contributed by atoms with van der Waals surface area (Å²) >= 11 is 1.26. The van der Waals surface area contributed by atoms with E-state index in [0.29, 0.717) is 23.8 Å². The molecular weight excluding hydrogens is 400 g/mol. The molecule has 0 bridgehead atoms. The van der Waals surface area contributed by atoms with Crippen LogP contribution in [-0.4, -0.2) is 44.3 Å². The van der Waals surface area contributed by atoms with Gasteiger partial charge in [-0.25, -0.2) is 0 Å². The number of carbonyl (C=O) groups excluding carboxylic acids is 2. The van der Waals surface area contributed by atoms with E-state index in [0.717, 1.165) is 28.9 Å². The Balaban J connectivity index is 1.46. The second kappa shape index (κ2) is 8.66. The number of rotatable bonds is 6. The third kappa shape index (κ3) is 4.06. The van der Waals surface area contributed by atoms with Crippen molar-refractivity contribution in [3.63, 3.8) is 0 Å². The molecule has 0 atom stereocenters. The lowest BCUT2D eigenvalue weighted by molar-refractivity contribution is -0.117. The Hall–Kier alpha value is -3.20. The highest BCUT2D eigenvalue weighted by Crippen LogP contribution is 2.30. The van der Waals surface area contributed by atoms with Gasteiger partial charge in [-0.1, -0.05) is 36.0 Å². The predicted octanol–water partition coefficient (Wildman–Crippen LogP) is 3.14. The fraction of sp³-hybridized carbons (Fsp3) is 0.286. The number of hydrogen-bond donors (Lipinski definition) is 1. The summed E-state index contributed by atoms with van der Waals surface area (Å²) in [6.45, 7) is 4.72. The molecule has 0 spiro atoms. The molecule has 1 N–H and O–H groups in total. The first-order valence-electron chi connectivity index (χ1n) is 9.71. The van der Waals surface area contributed by atoms with Gasteiger partial charge in [0, 0.05) is 13.0 Å². The van der Waals surface area contributed by atoms with Crippen LogP contribution in [0.4, 0.5) is 11.4 Å². The Morgan fingerprint density at radius 3 is 2.73 bits per heavy atom. The minimum Gasteiger partial charge on any atom is -0.324 e. The van der Waals surface area contributed by atoms with Crippen molar-refractivity contribution in [3.8, 4) is 5.69 Å². The van der Waals surface area contributed by atoms with Crippen molar-refractivity contribution in [2.45, 2.75) is 31.8 Å². The Labute approximate surface area is 178 Å². The first kappa shape index (κ1) is 20.1. The van der Waals surface area contributed by atoms with Gasteiger partial charge in [-0.15, -0.1) is 5.10 Å². The van der Waals surface area contributed by atoms with Crippen molar-refractivity contribution in [2.75, 3.05) is 22.5 Å². The van der Waals surface area contributed by atoms with Crippen molar-refractivity contribution >= 4 is 35.0 Å². The zero-order valence-electron chi connectivity index (χ0n) is 16.8. The van der Waals surface area contributed by atoms with E-state index in [1.54, 1.807) is 9.58 Å². The van der Waals surface area contributed by atoms with Crippen molar-refractivity contribution in [1.82, 2.24) is 20.2 Å². The highest BCUT2D eigenvalue weighted by atomic mass is 32.2. The molecule has 1 aliphatic heterocycles. The number of tetrazole rings is 1. The van der Waals surface area contributed by atoms with Crippen LogP contribution in [-0.2, 0) is 9.59 Å². The second-order valence-corrected chi connectivity index (χ2v) is 8.04. The summed E-state index contributed by atoms with van der Waals surface area (Å²) in [7, 11) is 0. The zero-order valence-corrected chi connectivity index (χ0v) is 17.6. The Morgan fingerprint density at radius 1 is 1.13 bits per heavy atom. The molecule has 30 heavy (non-hydrogen) atoms. The van der Waals surface area contributed by atoms with Crippen molar-refractivity contribution in [3.05, 3.63) is 53.6 Å². The van der Waals surface area contributed by atoms with E-state index in [-0.39, 0.29) is 17.6 Å². The van der Waals surface area contributed by atoms with Crippen LogP contribution in [0.15, 0.2) is 47.6 Å². The molecule has 2 amide bonds. The molecule has 3 aromatic rings. The third-order valence-corrected chi connectivity index (χ3v) is 6.04. The largest absolute Gasteiger partial charge is 0.324 e. The molecule has 154 valence electrons. The molecule has 2 heterocycles. The van der Waals surface area contributed by atoms with Crippen molar-refractivity contribution in [2.24, 2.45) is 0 Å². The molecule has 1 aromatic heterocycles. The average Bonchev–Trinajstić information content (AvgIpc) is 3.38. The molecule has 1 fully saturated rings. The number of hydrogen-bond acceptors (Lipinski definition) is 6. The third-order valence-electron chi connectivity index (χ3n) is 5.12. The standard InChI is InChI=1S/C21H22N6O2S/c1-14-7-5-10-17(15(14)2)27-21(23-24-25-27)30-13-19(28)22-16-8-3-4-9-18(16)26-12-6-11-20(26)29/h3-5,7-10H,6,11-13H2,1-2H3,(H,22,28). The summed E-state index contributed by atoms with van der Waals surface area (Å²) in [5, 5.41) is 15.4. The van der Waals surface area contributed by atoms with E-state index in [2.05, 4.69) is 20.8 Å². The van der Waals surface area contributed by atoms with Crippen molar-refractivity contribution < 1.29 is 9.59 Å². The molecule has 8 nitrogen and oxygen atoms in total. The normalized spacial score (nSPS) is 13.7. The minimum absolute atomic E-state index is 0.0822. The van der Waals surface area contributed by atoms with Crippen LogP contribution in [0.1, 0.15) is 24.0 Å². The van der Waals surface area contributed by atoms with Gasteiger partial charge < -0.3 is 10.2 Å². The van der Waals surface area contributed by atoms with Crippen LogP contribution >= 0.6 is 11.8 Å². The Kier molecular flexibility index (Phi) is 5.80. The van der Waals surface area contributed by atoms with Crippen LogP contribution in [0.3, 0.4) is 0 Å². The number of aromatic nitrogens is 4. The van der Waals surface area contributed by atoms with E-state index in [1.807, 2.05) is 56.3 Å². The van der Waals surface area contributed by atoms with Gasteiger partial charge in [0.05, 0.1) is 22.8 Å². The first-order valence-corrected chi connectivity index (χ1v) is 10.7. The average molecular weight is 423 g/mol. The maximum absolute atomic E-state index is 12.6. The Morgan fingerprint density at radius 2 is 1.93 bits per heavy atom. The number of aryl methyl sites for hydroxylation is 1. The van der Waals surface area contributed by atoms with E-state index in [4.69, 9.17) is 0 Å². The molecule has 2 aromatic carbocycles. The predicted molar refractivity (Wildman–Crippen MR) is 116 cm³/mol. The zero-order chi connectivity index (χ0) is 21.1. The monoisotopic (exact) mass is 422 g/mol. The van der Waals surface area contributed by atoms with Crippen LogP contribution in [0, 0.1) is 13.8 Å². The summed E-state index contributed by atoms with van der Waals surface area (Å²) in [6, 6.07) is 13.3. The van der Waals surface area contributed by atoms with E-state index in [9.17, 15) is 9.59 Å². The van der Waals surface area contributed by atoms with E-state index < -0.39 is 0 Å².